The average Bonchev–Trinajstić information content (AvgIpc) is 4.15. The van der Waals surface area contributed by atoms with Crippen molar-refractivity contribution in [1.29, 1.82) is 0 Å². The molecule has 2 saturated carbocycles. The van der Waals surface area contributed by atoms with Crippen molar-refractivity contribution in [2.75, 3.05) is 101 Å². The standard InChI is InChI=1S/C26H34N8O.C14H17ClN4O.C12H18N4/c1-31(2)25(35)22-15-18-16-28-26(30-24(18)34(22)20-5-3-4-6-20)29-23-8-7-21(17-27-23)33-14-13-32-11-9-19(33)10-12-32;1-18(2)13(20)11-7-9-8-16-14(15)17-12(9)19(11)10-5-3-4-6-10;13-12-2-1-11(9-14-12)16-8-7-15-5-3-10(16)4-6-15/h7-8,15-17,19-20H,3-6,9-14H2,1-2H3,(H,27,28,29,30);7-8,10H,3-6H2,1-2H3;1-2,9-10H,3-8H2,(H2,13,14). The minimum Gasteiger partial charge on any atom is -0.384 e. The number of fused-ring (bicyclic) bond motifs is 10. The van der Waals surface area contributed by atoms with Crippen LogP contribution in [0.15, 0.2) is 61.2 Å². The summed E-state index contributed by atoms with van der Waals surface area (Å²) in [5, 5.41) is 5.26. The van der Waals surface area contributed by atoms with Gasteiger partial charge in [-0.2, -0.15) is 9.97 Å². The van der Waals surface area contributed by atoms with Crippen LogP contribution in [-0.4, -0.2) is 163 Å². The summed E-state index contributed by atoms with van der Waals surface area (Å²) in [7, 11) is 7.11. The fourth-order valence-corrected chi connectivity index (χ4v) is 11.8. The third-order valence-corrected chi connectivity index (χ3v) is 15.7. The predicted molar refractivity (Wildman–Crippen MR) is 281 cm³/mol. The van der Waals surface area contributed by atoms with Crippen LogP contribution in [-0.2, 0) is 0 Å². The van der Waals surface area contributed by atoms with E-state index in [0.29, 0.717) is 47.3 Å². The second-order valence-electron chi connectivity index (χ2n) is 20.5. The molecule has 6 saturated heterocycles. The molecule has 3 N–H and O–H groups in total. The maximum Gasteiger partial charge on any atom is 0.270 e. The summed E-state index contributed by atoms with van der Waals surface area (Å²) in [6.07, 6.45) is 21.4. The lowest BCUT2D eigenvalue weighted by Gasteiger charge is -2.32. The first-order valence-electron chi connectivity index (χ1n) is 25.7. The molecule has 12 heterocycles. The van der Waals surface area contributed by atoms with E-state index in [9.17, 15) is 9.59 Å². The van der Waals surface area contributed by atoms with Crippen LogP contribution < -0.4 is 20.9 Å². The quantitative estimate of drug-likeness (QED) is 0.143. The zero-order chi connectivity index (χ0) is 49.2. The van der Waals surface area contributed by atoms with Crippen molar-refractivity contribution >= 4 is 74.4 Å². The molecule has 0 radical (unpaired) electrons. The van der Waals surface area contributed by atoms with Crippen molar-refractivity contribution in [1.82, 2.24) is 58.6 Å². The van der Waals surface area contributed by atoms with Gasteiger partial charge < -0.3 is 49.6 Å². The lowest BCUT2D eigenvalue weighted by atomic mass is 10.0. The Labute approximate surface area is 421 Å². The molecule has 0 unspecified atom stereocenters. The first kappa shape index (κ1) is 48.5. The third-order valence-electron chi connectivity index (χ3n) is 15.5. The number of rotatable bonds is 8. The Bertz CT molecular complexity index is 2780. The van der Waals surface area contributed by atoms with Crippen LogP contribution in [0.3, 0.4) is 0 Å². The number of carbonyl (C=O) groups excluding carboxylic acids is 2. The van der Waals surface area contributed by atoms with E-state index < -0.39 is 0 Å². The number of pyridine rings is 2. The molecule has 376 valence electrons. The maximum absolute atomic E-state index is 12.9. The molecule has 6 aromatic heterocycles. The lowest BCUT2D eigenvalue weighted by Crippen LogP contribution is -2.37. The van der Waals surface area contributed by atoms with Gasteiger partial charge in [-0.25, -0.2) is 19.9 Å². The Morgan fingerprint density at radius 3 is 1.51 bits per heavy atom. The van der Waals surface area contributed by atoms with Crippen molar-refractivity contribution in [2.45, 2.75) is 101 Å². The van der Waals surface area contributed by atoms with Gasteiger partial charge >= 0.3 is 0 Å². The summed E-state index contributed by atoms with van der Waals surface area (Å²) < 4.78 is 4.19. The van der Waals surface area contributed by atoms with Gasteiger partial charge in [-0.05, 0) is 99.4 Å². The molecule has 6 aliphatic heterocycles. The van der Waals surface area contributed by atoms with Crippen molar-refractivity contribution in [3.8, 4) is 0 Å². The second kappa shape index (κ2) is 21.3. The van der Waals surface area contributed by atoms with Gasteiger partial charge in [0.2, 0.25) is 11.2 Å². The van der Waals surface area contributed by atoms with Crippen LogP contribution in [0.1, 0.15) is 110 Å². The molecule has 2 aliphatic carbocycles. The maximum atomic E-state index is 12.9. The fourth-order valence-electron chi connectivity index (χ4n) is 11.7. The van der Waals surface area contributed by atoms with Crippen LogP contribution in [0.5, 0.6) is 0 Å². The number of nitrogen functional groups attached to an aromatic ring is 1. The number of hydrogen-bond acceptors (Lipinski definition) is 14. The molecular weight excluding hydrogens is 916 g/mol. The van der Waals surface area contributed by atoms with Crippen LogP contribution in [0.25, 0.3) is 22.1 Å². The number of nitrogens with two attached hydrogens (primary N) is 1. The summed E-state index contributed by atoms with van der Waals surface area (Å²) in [6, 6.07) is 13.9. The molecule has 19 heteroatoms. The van der Waals surface area contributed by atoms with Gasteiger partial charge in [0.25, 0.3) is 11.8 Å². The second-order valence-corrected chi connectivity index (χ2v) is 20.8. The third kappa shape index (κ3) is 10.6. The molecule has 0 spiro atoms. The first-order chi connectivity index (χ1) is 34.5. The number of halogens is 1. The lowest BCUT2D eigenvalue weighted by molar-refractivity contribution is 0.0808. The van der Waals surface area contributed by atoms with Gasteiger partial charge in [0.15, 0.2) is 0 Å². The summed E-state index contributed by atoms with van der Waals surface area (Å²) in [6.45, 7) is 9.41. The molecule has 18 nitrogen and oxygen atoms in total. The minimum absolute atomic E-state index is 0.000519. The van der Waals surface area contributed by atoms with Crippen LogP contribution >= 0.6 is 11.6 Å². The summed E-state index contributed by atoms with van der Waals surface area (Å²) in [5.41, 5.74) is 11.0. The Morgan fingerprint density at radius 1 is 0.563 bits per heavy atom. The van der Waals surface area contributed by atoms with Crippen molar-refractivity contribution in [3.63, 3.8) is 0 Å². The predicted octanol–water partition coefficient (Wildman–Crippen LogP) is 7.52. The number of anilines is 5. The van der Waals surface area contributed by atoms with E-state index in [4.69, 9.17) is 22.3 Å². The van der Waals surface area contributed by atoms with Gasteiger partial charge in [-0.1, -0.05) is 25.7 Å². The van der Waals surface area contributed by atoms with Gasteiger partial charge in [0.1, 0.15) is 34.3 Å². The number of piperidine rings is 2. The van der Waals surface area contributed by atoms with Crippen LogP contribution in [0.4, 0.5) is 29.0 Å². The monoisotopic (exact) mass is 985 g/mol. The zero-order valence-corrected chi connectivity index (χ0v) is 42.5. The molecule has 4 bridgehead atoms. The van der Waals surface area contributed by atoms with E-state index in [0.717, 1.165) is 73.2 Å². The summed E-state index contributed by atoms with van der Waals surface area (Å²) in [5.74, 6) is 1.82. The minimum atomic E-state index is -0.00831. The Balaban J connectivity index is 0.000000136. The molecule has 71 heavy (non-hydrogen) atoms. The van der Waals surface area contributed by atoms with Crippen molar-refractivity contribution in [2.24, 2.45) is 0 Å². The highest BCUT2D eigenvalue weighted by Crippen LogP contribution is 2.37. The summed E-state index contributed by atoms with van der Waals surface area (Å²) >= 11 is 5.92. The van der Waals surface area contributed by atoms with Crippen LogP contribution in [0, 0.1) is 0 Å². The highest BCUT2D eigenvalue weighted by Gasteiger charge is 2.32. The van der Waals surface area contributed by atoms with E-state index >= 15 is 0 Å². The molecule has 8 fully saturated rings. The summed E-state index contributed by atoms with van der Waals surface area (Å²) in [4.78, 5) is 65.3. The average molecular weight is 986 g/mol. The number of hydrogen-bond donors (Lipinski definition) is 2. The van der Waals surface area contributed by atoms with E-state index in [1.165, 1.54) is 95.5 Å². The molecule has 8 aliphatic rings. The van der Waals surface area contributed by atoms with E-state index in [-0.39, 0.29) is 17.1 Å². The molecule has 0 aromatic carbocycles. The normalized spacial score (nSPS) is 22.2. The highest BCUT2D eigenvalue weighted by atomic mass is 35.5. The van der Waals surface area contributed by atoms with Gasteiger partial charge in [0.05, 0.1) is 23.8 Å². The molecule has 2 amide bonds. The Kier molecular flexibility index (Phi) is 14.6. The number of nitrogens with zero attached hydrogens (tertiary/aromatic N) is 14. The van der Waals surface area contributed by atoms with Gasteiger partial charge in [-0.15, -0.1) is 0 Å². The van der Waals surface area contributed by atoms with Crippen molar-refractivity contribution < 1.29 is 9.59 Å². The molecule has 14 rings (SSSR count). The van der Waals surface area contributed by atoms with Crippen LogP contribution in [0.2, 0.25) is 5.28 Å². The van der Waals surface area contributed by atoms with Gasteiger partial charge in [-0.3, -0.25) is 9.59 Å². The number of amides is 2. The first-order valence-corrected chi connectivity index (χ1v) is 26.1. The fraction of sp³-hybridized carbons (Fsp3) is 0.538. The highest BCUT2D eigenvalue weighted by molar-refractivity contribution is 6.28. The molecule has 0 atom stereocenters. The smallest absolute Gasteiger partial charge is 0.270 e. The number of nitrogens with one attached hydrogen (secondary N) is 1. The SMILES string of the molecule is CN(C)C(=O)c1cc2cnc(Cl)nc2n1C1CCCC1.CN(C)C(=O)c1cc2cnc(Nc3ccc(N4CCN5CCC4CC5)cn3)nc2n1C1CCCC1.Nc1ccc(N2CCN3CCC2CC3)cn1. The largest absolute Gasteiger partial charge is 0.384 e. The Hall–Kier alpha value is -6.11. The van der Waals surface area contributed by atoms with Gasteiger partial charge in [0, 0.05) is 128 Å². The van der Waals surface area contributed by atoms with E-state index in [1.54, 1.807) is 50.4 Å². The molecule has 6 aromatic rings. The molecular formula is C52H69ClN16O2. The number of aromatic nitrogens is 8. The van der Waals surface area contributed by atoms with E-state index in [1.807, 2.05) is 36.7 Å². The topological polar surface area (TPSA) is 179 Å². The van der Waals surface area contributed by atoms with E-state index in [2.05, 4.69) is 71.1 Å². The van der Waals surface area contributed by atoms with Crippen molar-refractivity contribution in [3.05, 3.63) is 77.9 Å². The number of carbonyl (C=O) groups is 2. The Morgan fingerprint density at radius 2 is 1.04 bits per heavy atom. The zero-order valence-electron chi connectivity index (χ0n) is 41.8.